The van der Waals surface area contributed by atoms with Crippen LogP contribution in [0, 0.1) is 0 Å². The van der Waals surface area contributed by atoms with Gasteiger partial charge in [-0.25, -0.2) is 0 Å². The first-order chi connectivity index (χ1) is 3.80. The van der Waals surface area contributed by atoms with Crippen LogP contribution < -0.4 is 5.11 Å². The summed E-state index contributed by atoms with van der Waals surface area (Å²) in [6, 6.07) is -0.505. The zero-order valence-electron chi connectivity index (χ0n) is 5.17. The minimum atomic E-state index is -1.03. The third-order valence-electron chi connectivity index (χ3n) is 1.26. The maximum absolute atomic E-state index is 10.00. The molecule has 9 heavy (non-hydrogen) atoms. The summed E-state index contributed by atoms with van der Waals surface area (Å²) in [4.78, 5) is 10.00. The molecule has 0 aliphatic carbocycles. The van der Waals surface area contributed by atoms with E-state index < -0.39 is 12.0 Å². The fourth-order valence-electron chi connectivity index (χ4n) is 0.815. The van der Waals surface area contributed by atoms with Crippen LogP contribution >= 0.6 is 0 Å². The molecule has 0 bridgehead atoms. The van der Waals surface area contributed by atoms with Crippen molar-refractivity contribution in [2.75, 3.05) is 6.54 Å². The van der Waals surface area contributed by atoms with Crippen molar-refractivity contribution >= 4 is 29.0 Å². The van der Waals surface area contributed by atoms with E-state index in [4.69, 9.17) is 0 Å². The molecule has 1 fully saturated rings. The maximum atomic E-state index is 10.00. The van der Waals surface area contributed by atoms with E-state index in [1.54, 1.807) is 0 Å². The van der Waals surface area contributed by atoms with Crippen LogP contribution in [0.5, 0.6) is 0 Å². The van der Waals surface area contributed by atoms with Crippen LogP contribution in [0.4, 0.5) is 0 Å². The average molecular weight is 137 g/mol. The third-order valence-corrected chi connectivity index (χ3v) is 1.26. The molecule has 46 valence electrons. The Morgan fingerprint density at radius 3 is 2.56 bits per heavy atom. The predicted octanol–water partition coefficient (Wildman–Crippen LogP) is -1.11. The molecule has 0 radical (unpaired) electrons. The number of carbonyl (C=O) groups excluding carboxylic acids is 1. The summed E-state index contributed by atoms with van der Waals surface area (Å²) in [5.41, 5.74) is 0. The first-order valence-electron chi connectivity index (χ1n) is 2.68. The predicted molar refractivity (Wildman–Crippen MR) is 32.0 cm³/mol. The molecular formula is C5H7MgNO2. The number of carboxylic acids is 1. The van der Waals surface area contributed by atoms with Crippen molar-refractivity contribution in [2.24, 2.45) is 0 Å². The van der Waals surface area contributed by atoms with E-state index in [2.05, 4.69) is 5.32 Å². The van der Waals surface area contributed by atoms with Crippen LogP contribution in [0.2, 0.25) is 0 Å². The molecule has 1 rings (SSSR count). The molecule has 1 aliphatic heterocycles. The molecule has 1 aliphatic rings. The number of aliphatic carboxylic acids is 1. The van der Waals surface area contributed by atoms with Gasteiger partial charge in [-0.15, -0.1) is 6.54 Å². The van der Waals surface area contributed by atoms with E-state index in [0.717, 1.165) is 6.42 Å². The van der Waals surface area contributed by atoms with E-state index in [9.17, 15) is 9.90 Å². The van der Waals surface area contributed by atoms with Gasteiger partial charge in [-0.2, -0.15) is 0 Å². The SMILES string of the molecule is O=C([O-])[C@@H]1CCC[N-]1.[Mg+2]. The third kappa shape index (κ3) is 2.51. The van der Waals surface area contributed by atoms with Crippen molar-refractivity contribution in [2.45, 2.75) is 18.9 Å². The Morgan fingerprint density at radius 2 is 2.33 bits per heavy atom. The number of hydrogen-bond acceptors (Lipinski definition) is 2. The molecule has 0 N–H and O–H groups in total. The van der Waals surface area contributed by atoms with E-state index in [-0.39, 0.29) is 23.1 Å². The first kappa shape index (κ1) is 9.20. The number of rotatable bonds is 1. The summed E-state index contributed by atoms with van der Waals surface area (Å²) in [5.74, 6) is -1.03. The van der Waals surface area contributed by atoms with Crippen LogP contribution in [0.3, 0.4) is 0 Å². The van der Waals surface area contributed by atoms with E-state index in [1.165, 1.54) is 0 Å². The van der Waals surface area contributed by atoms with Gasteiger partial charge in [-0.05, 0) is 0 Å². The van der Waals surface area contributed by atoms with Crippen LogP contribution in [-0.4, -0.2) is 41.6 Å². The Kier molecular flexibility index (Phi) is 4.17. The maximum Gasteiger partial charge on any atom is 2.00 e. The standard InChI is InChI=1S/C5H8NO2.Mg/c7-5(8)4-2-1-3-6-4;/h4H,1-3H2,(H,7,8);/q-1;+2/p-1/t4-;/m0./s1. The normalized spacial score (nSPS) is 25.1. The summed E-state index contributed by atoms with van der Waals surface area (Å²) >= 11 is 0. The summed E-state index contributed by atoms with van der Waals surface area (Å²) in [5, 5.41) is 13.8. The molecule has 4 heteroatoms. The molecule has 3 nitrogen and oxygen atoms in total. The van der Waals surface area contributed by atoms with Gasteiger partial charge in [-0.3, -0.25) is 0 Å². The second-order valence-corrected chi connectivity index (χ2v) is 1.88. The molecule has 0 aromatic carbocycles. The Hall–Kier alpha value is 0.196. The molecule has 0 aromatic heterocycles. The fourth-order valence-corrected chi connectivity index (χ4v) is 0.815. The van der Waals surface area contributed by atoms with Gasteiger partial charge in [0.05, 0.1) is 0 Å². The summed E-state index contributed by atoms with van der Waals surface area (Å²) in [6.45, 7) is 0.693. The molecule has 1 atom stereocenters. The van der Waals surface area contributed by atoms with Gasteiger partial charge in [0.2, 0.25) is 0 Å². The monoisotopic (exact) mass is 137 g/mol. The van der Waals surface area contributed by atoms with Crippen molar-refractivity contribution in [3.8, 4) is 0 Å². The molecule has 0 unspecified atom stereocenters. The largest absolute Gasteiger partial charge is 2.00 e. The molecule has 0 saturated carbocycles. The van der Waals surface area contributed by atoms with Crippen molar-refractivity contribution in [3.63, 3.8) is 0 Å². The molecule has 0 spiro atoms. The van der Waals surface area contributed by atoms with Crippen molar-refractivity contribution in [3.05, 3.63) is 5.32 Å². The minimum absolute atomic E-state index is 0. The Balaban J connectivity index is 0.000000640. The van der Waals surface area contributed by atoms with Crippen molar-refractivity contribution in [1.29, 1.82) is 0 Å². The van der Waals surface area contributed by atoms with E-state index in [1.807, 2.05) is 0 Å². The molecule has 0 amide bonds. The average Bonchev–Trinajstić information content (AvgIpc) is 2.12. The molecule has 1 heterocycles. The smallest absolute Gasteiger partial charge is 0.655 e. The molecular weight excluding hydrogens is 130 g/mol. The number of carboxylic acid groups (broad SMARTS) is 1. The zero-order chi connectivity index (χ0) is 5.98. The minimum Gasteiger partial charge on any atom is -0.655 e. The Labute approximate surface area is 70.0 Å². The van der Waals surface area contributed by atoms with Gasteiger partial charge in [0.1, 0.15) is 0 Å². The molecule has 0 aromatic rings. The van der Waals surface area contributed by atoms with Crippen LogP contribution in [0.1, 0.15) is 12.8 Å². The summed E-state index contributed by atoms with van der Waals surface area (Å²) < 4.78 is 0. The van der Waals surface area contributed by atoms with Gasteiger partial charge in [0.15, 0.2) is 0 Å². The Bertz CT molecular complexity index is 101. The van der Waals surface area contributed by atoms with Gasteiger partial charge >= 0.3 is 23.1 Å². The van der Waals surface area contributed by atoms with E-state index in [0.29, 0.717) is 13.0 Å². The number of nitrogens with zero attached hydrogens (tertiary/aromatic N) is 1. The summed E-state index contributed by atoms with van der Waals surface area (Å²) in [6.07, 6.45) is 1.57. The van der Waals surface area contributed by atoms with Crippen LogP contribution in [0.15, 0.2) is 0 Å². The van der Waals surface area contributed by atoms with Crippen LogP contribution in [0.25, 0.3) is 5.32 Å². The first-order valence-corrected chi connectivity index (χ1v) is 2.68. The Morgan fingerprint density at radius 1 is 1.67 bits per heavy atom. The van der Waals surface area contributed by atoms with Crippen molar-refractivity contribution in [1.82, 2.24) is 0 Å². The second kappa shape index (κ2) is 4.08. The quantitative estimate of drug-likeness (QED) is 0.431. The van der Waals surface area contributed by atoms with Gasteiger partial charge < -0.3 is 15.2 Å². The summed E-state index contributed by atoms with van der Waals surface area (Å²) in [7, 11) is 0. The topological polar surface area (TPSA) is 54.2 Å². The van der Waals surface area contributed by atoms with Crippen molar-refractivity contribution < 1.29 is 9.90 Å². The number of hydrogen-bond donors (Lipinski definition) is 0. The number of carbonyl (C=O) groups is 1. The fraction of sp³-hybridized carbons (Fsp3) is 0.800. The van der Waals surface area contributed by atoms with Gasteiger partial charge in [0, 0.05) is 5.97 Å². The van der Waals surface area contributed by atoms with Crippen LogP contribution in [-0.2, 0) is 4.79 Å². The van der Waals surface area contributed by atoms with Gasteiger partial charge in [0.25, 0.3) is 0 Å². The second-order valence-electron chi connectivity index (χ2n) is 1.88. The molecule has 1 saturated heterocycles. The van der Waals surface area contributed by atoms with Gasteiger partial charge in [-0.1, -0.05) is 18.9 Å². The zero-order valence-corrected chi connectivity index (χ0v) is 6.58. The van der Waals surface area contributed by atoms with E-state index >= 15 is 0 Å².